The Morgan fingerprint density at radius 1 is 1.38 bits per heavy atom. The van der Waals surface area contributed by atoms with Crippen molar-refractivity contribution in [3.05, 3.63) is 35.9 Å². The summed E-state index contributed by atoms with van der Waals surface area (Å²) in [5.74, 6) is -0.0688. The highest BCUT2D eigenvalue weighted by atomic mass is 35.5. The zero-order valence-corrected chi connectivity index (χ0v) is 10.3. The van der Waals surface area contributed by atoms with E-state index in [1.807, 2.05) is 37.3 Å². The van der Waals surface area contributed by atoms with Crippen molar-refractivity contribution in [1.82, 2.24) is 5.32 Å². The van der Waals surface area contributed by atoms with Gasteiger partial charge in [0.2, 0.25) is 5.91 Å². The van der Waals surface area contributed by atoms with Crippen molar-refractivity contribution in [2.45, 2.75) is 25.8 Å². The number of nitrogens with two attached hydrogens (primary N) is 1. The van der Waals surface area contributed by atoms with Gasteiger partial charge in [-0.1, -0.05) is 37.3 Å². The second kappa shape index (κ2) is 8.13. The molecule has 1 rings (SSSR count). The van der Waals surface area contributed by atoms with Crippen LogP contribution in [0.4, 0.5) is 0 Å². The molecule has 1 atom stereocenters. The second-order valence-electron chi connectivity index (χ2n) is 3.59. The highest BCUT2D eigenvalue weighted by Crippen LogP contribution is 2.01. The average molecular weight is 243 g/mol. The Morgan fingerprint density at radius 2 is 2.00 bits per heavy atom. The van der Waals surface area contributed by atoms with Crippen molar-refractivity contribution in [3.8, 4) is 0 Å². The van der Waals surface area contributed by atoms with Crippen molar-refractivity contribution in [3.63, 3.8) is 0 Å². The van der Waals surface area contributed by atoms with Crippen LogP contribution in [0.15, 0.2) is 30.3 Å². The predicted molar refractivity (Wildman–Crippen MR) is 68.7 cm³/mol. The molecular formula is C12H19ClN2O. The summed E-state index contributed by atoms with van der Waals surface area (Å²) in [5.41, 5.74) is 6.87. The van der Waals surface area contributed by atoms with Gasteiger partial charge in [-0.05, 0) is 18.4 Å². The summed E-state index contributed by atoms with van der Waals surface area (Å²) in [6.07, 6.45) is 1.53. The Bertz CT molecular complexity index is 303. The molecule has 3 N–H and O–H groups in total. The molecule has 16 heavy (non-hydrogen) atoms. The topological polar surface area (TPSA) is 55.1 Å². The fourth-order valence-corrected chi connectivity index (χ4v) is 1.34. The van der Waals surface area contributed by atoms with Crippen molar-refractivity contribution >= 4 is 18.3 Å². The number of rotatable bonds is 5. The monoisotopic (exact) mass is 242 g/mol. The molecule has 0 unspecified atom stereocenters. The lowest BCUT2D eigenvalue weighted by Crippen LogP contribution is -2.42. The number of halogens is 1. The molecule has 1 aromatic rings. The van der Waals surface area contributed by atoms with Crippen LogP contribution >= 0.6 is 12.4 Å². The molecule has 0 saturated heterocycles. The molecular weight excluding hydrogens is 224 g/mol. The Hall–Kier alpha value is -1.06. The lowest BCUT2D eigenvalue weighted by Gasteiger charge is -2.11. The molecule has 0 saturated carbocycles. The minimum atomic E-state index is -0.445. The van der Waals surface area contributed by atoms with Crippen LogP contribution < -0.4 is 11.1 Å². The van der Waals surface area contributed by atoms with Crippen LogP contribution in [-0.4, -0.2) is 18.5 Å². The molecule has 0 bridgehead atoms. The summed E-state index contributed by atoms with van der Waals surface area (Å²) in [4.78, 5) is 11.5. The van der Waals surface area contributed by atoms with Gasteiger partial charge in [-0.2, -0.15) is 0 Å². The van der Waals surface area contributed by atoms with Gasteiger partial charge in [0.1, 0.15) is 0 Å². The summed E-state index contributed by atoms with van der Waals surface area (Å²) in [6, 6.07) is 9.36. The minimum Gasteiger partial charge on any atom is -0.355 e. The molecule has 0 aliphatic heterocycles. The fourth-order valence-electron chi connectivity index (χ4n) is 1.34. The molecule has 0 aromatic heterocycles. The van der Waals surface area contributed by atoms with E-state index in [9.17, 15) is 4.79 Å². The van der Waals surface area contributed by atoms with E-state index in [0.29, 0.717) is 13.0 Å². The van der Waals surface area contributed by atoms with Gasteiger partial charge in [0, 0.05) is 6.54 Å². The quantitative estimate of drug-likeness (QED) is 0.822. The first kappa shape index (κ1) is 14.9. The summed E-state index contributed by atoms with van der Waals surface area (Å²) in [6.45, 7) is 2.71. The van der Waals surface area contributed by atoms with Gasteiger partial charge in [0.05, 0.1) is 6.04 Å². The molecule has 0 aliphatic rings. The first-order chi connectivity index (χ1) is 7.24. The third-order valence-electron chi connectivity index (χ3n) is 2.18. The number of carbonyl (C=O) groups excluding carboxylic acids is 1. The Balaban J connectivity index is 0.00000225. The zero-order valence-electron chi connectivity index (χ0n) is 9.48. The van der Waals surface area contributed by atoms with E-state index in [2.05, 4.69) is 5.32 Å². The fraction of sp³-hybridized carbons (Fsp3) is 0.417. The maximum Gasteiger partial charge on any atom is 0.237 e. The van der Waals surface area contributed by atoms with Crippen LogP contribution in [0.3, 0.4) is 0 Å². The van der Waals surface area contributed by atoms with Crippen LogP contribution in [0.2, 0.25) is 0 Å². The lowest BCUT2D eigenvalue weighted by molar-refractivity contribution is -0.122. The standard InChI is InChI=1S/C12H18N2O.ClH/c1-2-8-14-12(15)11(13)9-10-6-4-3-5-7-10;/h3-7,11H,2,8-9,13H2,1H3,(H,14,15);1H/t11-;/m0./s1. The summed E-state index contributed by atoms with van der Waals surface area (Å²) in [5, 5.41) is 2.79. The Labute approximate surface area is 103 Å². The predicted octanol–water partition coefficient (Wildman–Crippen LogP) is 1.50. The highest BCUT2D eigenvalue weighted by Gasteiger charge is 2.12. The number of benzene rings is 1. The molecule has 3 nitrogen and oxygen atoms in total. The van der Waals surface area contributed by atoms with Crippen LogP contribution in [0.5, 0.6) is 0 Å². The van der Waals surface area contributed by atoms with Gasteiger partial charge in [-0.15, -0.1) is 12.4 Å². The van der Waals surface area contributed by atoms with Gasteiger partial charge in [-0.3, -0.25) is 4.79 Å². The Morgan fingerprint density at radius 3 is 2.56 bits per heavy atom. The number of carbonyl (C=O) groups is 1. The van der Waals surface area contributed by atoms with Gasteiger partial charge < -0.3 is 11.1 Å². The molecule has 0 radical (unpaired) electrons. The van der Waals surface area contributed by atoms with Crippen LogP contribution in [0.1, 0.15) is 18.9 Å². The number of nitrogens with one attached hydrogen (secondary N) is 1. The molecule has 0 spiro atoms. The minimum absolute atomic E-state index is 0. The third-order valence-corrected chi connectivity index (χ3v) is 2.18. The van der Waals surface area contributed by atoms with Gasteiger partial charge in [0.25, 0.3) is 0 Å². The summed E-state index contributed by atoms with van der Waals surface area (Å²) in [7, 11) is 0. The molecule has 0 fully saturated rings. The van der Waals surface area contributed by atoms with E-state index in [1.165, 1.54) is 0 Å². The number of hydrogen-bond donors (Lipinski definition) is 2. The molecule has 1 aromatic carbocycles. The van der Waals surface area contributed by atoms with Gasteiger partial charge in [-0.25, -0.2) is 0 Å². The molecule has 0 heterocycles. The van der Waals surface area contributed by atoms with E-state index < -0.39 is 6.04 Å². The van der Waals surface area contributed by atoms with E-state index >= 15 is 0 Å². The smallest absolute Gasteiger partial charge is 0.237 e. The highest BCUT2D eigenvalue weighted by molar-refractivity contribution is 5.85. The first-order valence-electron chi connectivity index (χ1n) is 5.31. The van der Waals surface area contributed by atoms with E-state index in [-0.39, 0.29) is 18.3 Å². The van der Waals surface area contributed by atoms with Crippen LogP contribution in [-0.2, 0) is 11.2 Å². The number of amides is 1. The summed E-state index contributed by atoms with van der Waals surface area (Å²) >= 11 is 0. The van der Waals surface area contributed by atoms with Gasteiger partial charge in [0.15, 0.2) is 0 Å². The van der Waals surface area contributed by atoms with Gasteiger partial charge >= 0.3 is 0 Å². The van der Waals surface area contributed by atoms with Crippen molar-refractivity contribution in [1.29, 1.82) is 0 Å². The van der Waals surface area contributed by atoms with Crippen LogP contribution in [0, 0.1) is 0 Å². The normalized spacial score (nSPS) is 11.4. The van der Waals surface area contributed by atoms with Crippen LogP contribution in [0.25, 0.3) is 0 Å². The molecule has 0 aliphatic carbocycles. The van der Waals surface area contributed by atoms with Crippen molar-refractivity contribution in [2.24, 2.45) is 5.73 Å². The molecule has 90 valence electrons. The number of hydrogen-bond acceptors (Lipinski definition) is 2. The first-order valence-corrected chi connectivity index (χ1v) is 5.31. The second-order valence-corrected chi connectivity index (χ2v) is 3.59. The molecule has 1 amide bonds. The SMILES string of the molecule is CCCNC(=O)[C@@H](N)Cc1ccccc1.Cl. The van der Waals surface area contributed by atoms with Crippen molar-refractivity contribution in [2.75, 3.05) is 6.54 Å². The average Bonchev–Trinajstić information content (AvgIpc) is 2.27. The third kappa shape index (κ3) is 5.14. The van der Waals surface area contributed by atoms with E-state index in [4.69, 9.17) is 5.73 Å². The Kier molecular flexibility index (Phi) is 7.60. The maximum absolute atomic E-state index is 11.5. The molecule has 4 heteroatoms. The van der Waals surface area contributed by atoms with E-state index in [0.717, 1.165) is 12.0 Å². The summed E-state index contributed by atoms with van der Waals surface area (Å²) < 4.78 is 0. The van der Waals surface area contributed by atoms with Crippen molar-refractivity contribution < 1.29 is 4.79 Å². The largest absolute Gasteiger partial charge is 0.355 e. The zero-order chi connectivity index (χ0) is 11.1. The van der Waals surface area contributed by atoms with E-state index in [1.54, 1.807) is 0 Å². The lowest BCUT2D eigenvalue weighted by atomic mass is 10.1. The maximum atomic E-state index is 11.5.